The molecular formula is C9H17NO2. The first kappa shape index (κ1) is 9.52. The Hall–Kier alpha value is -0.570. The minimum atomic E-state index is 0.119. The standard InChI is InChI=1S/C9H17NO2/c1-7-4-10(5-8(7)2)9(11)6-12-3/h7-8H,4-6H2,1-3H3. The number of nitrogens with zero attached hydrogens (tertiary/aromatic N) is 1. The maximum atomic E-state index is 11.3. The smallest absolute Gasteiger partial charge is 0.248 e. The highest BCUT2D eigenvalue weighted by atomic mass is 16.5. The van der Waals surface area contributed by atoms with Crippen LogP contribution in [0.25, 0.3) is 0 Å². The topological polar surface area (TPSA) is 29.5 Å². The van der Waals surface area contributed by atoms with Gasteiger partial charge in [0.05, 0.1) is 0 Å². The maximum absolute atomic E-state index is 11.3. The SMILES string of the molecule is COCC(=O)N1CC(C)C(C)C1. The molecule has 0 radical (unpaired) electrons. The van der Waals surface area contributed by atoms with E-state index >= 15 is 0 Å². The number of hydrogen-bond donors (Lipinski definition) is 0. The summed E-state index contributed by atoms with van der Waals surface area (Å²) in [5, 5.41) is 0. The predicted molar refractivity (Wildman–Crippen MR) is 46.8 cm³/mol. The third-order valence-corrected chi connectivity index (χ3v) is 2.61. The Morgan fingerprint density at radius 3 is 2.33 bits per heavy atom. The van der Waals surface area contributed by atoms with E-state index in [0.29, 0.717) is 11.8 Å². The molecule has 3 nitrogen and oxygen atoms in total. The van der Waals surface area contributed by atoms with Crippen LogP contribution in [-0.2, 0) is 9.53 Å². The lowest BCUT2D eigenvalue weighted by Crippen LogP contribution is -2.31. The molecule has 0 bridgehead atoms. The van der Waals surface area contributed by atoms with Gasteiger partial charge in [-0.25, -0.2) is 0 Å². The monoisotopic (exact) mass is 171 g/mol. The molecule has 0 spiro atoms. The molecule has 0 aromatic carbocycles. The molecule has 0 aromatic heterocycles. The molecule has 0 N–H and O–H groups in total. The number of hydrogen-bond acceptors (Lipinski definition) is 2. The van der Waals surface area contributed by atoms with Gasteiger partial charge < -0.3 is 9.64 Å². The minimum Gasteiger partial charge on any atom is -0.375 e. The van der Waals surface area contributed by atoms with E-state index in [0.717, 1.165) is 13.1 Å². The highest BCUT2D eigenvalue weighted by molar-refractivity contribution is 5.77. The molecule has 1 rings (SSSR count). The van der Waals surface area contributed by atoms with Crippen molar-refractivity contribution in [2.24, 2.45) is 11.8 Å². The van der Waals surface area contributed by atoms with Crippen LogP contribution in [0.1, 0.15) is 13.8 Å². The van der Waals surface area contributed by atoms with Gasteiger partial charge in [-0.3, -0.25) is 4.79 Å². The summed E-state index contributed by atoms with van der Waals surface area (Å²) in [6.07, 6.45) is 0. The summed E-state index contributed by atoms with van der Waals surface area (Å²) in [4.78, 5) is 13.2. The predicted octanol–water partition coefficient (Wildman–Crippen LogP) is 0.747. The van der Waals surface area contributed by atoms with Crippen molar-refractivity contribution in [1.82, 2.24) is 4.90 Å². The Labute approximate surface area is 73.7 Å². The summed E-state index contributed by atoms with van der Waals surface area (Å²) in [6.45, 7) is 6.38. The van der Waals surface area contributed by atoms with Crippen molar-refractivity contribution in [3.05, 3.63) is 0 Å². The normalized spacial score (nSPS) is 29.4. The van der Waals surface area contributed by atoms with Gasteiger partial charge >= 0.3 is 0 Å². The second kappa shape index (κ2) is 3.90. The van der Waals surface area contributed by atoms with E-state index in [4.69, 9.17) is 4.74 Å². The number of rotatable bonds is 2. The van der Waals surface area contributed by atoms with Gasteiger partial charge in [-0.1, -0.05) is 13.8 Å². The number of carbonyl (C=O) groups excluding carboxylic acids is 1. The van der Waals surface area contributed by atoms with Crippen LogP contribution < -0.4 is 0 Å². The molecule has 0 aliphatic carbocycles. The van der Waals surface area contributed by atoms with Crippen molar-refractivity contribution in [3.8, 4) is 0 Å². The highest BCUT2D eigenvalue weighted by Gasteiger charge is 2.28. The lowest BCUT2D eigenvalue weighted by Gasteiger charge is -2.14. The van der Waals surface area contributed by atoms with Crippen LogP contribution in [0, 0.1) is 11.8 Å². The first-order valence-corrected chi connectivity index (χ1v) is 4.42. The summed E-state index contributed by atoms with van der Waals surface area (Å²) in [5.41, 5.74) is 0. The quantitative estimate of drug-likeness (QED) is 0.613. The minimum absolute atomic E-state index is 0.119. The van der Waals surface area contributed by atoms with Crippen molar-refractivity contribution in [2.45, 2.75) is 13.8 Å². The third kappa shape index (κ3) is 1.97. The Morgan fingerprint density at radius 1 is 1.42 bits per heavy atom. The lowest BCUT2D eigenvalue weighted by molar-refractivity contribution is -0.134. The molecular weight excluding hydrogens is 154 g/mol. The van der Waals surface area contributed by atoms with E-state index < -0.39 is 0 Å². The maximum Gasteiger partial charge on any atom is 0.248 e. The molecule has 0 aromatic rings. The van der Waals surface area contributed by atoms with E-state index in [2.05, 4.69) is 13.8 Å². The fourth-order valence-corrected chi connectivity index (χ4v) is 1.55. The van der Waals surface area contributed by atoms with E-state index in [1.54, 1.807) is 7.11 Å². The first-order chi connectivity index (χ1) is 5.65. The largest absolute Gasteiger partial charge is 0.375 e. The summed E-state index contributed by atoms with van der Waals surface area (Å²) >= 11 is 0. The van der Waals surface area contributed by atoms with Crippen LogP contribution in [0.2, 0.25) is 0 Å². The van der Waals surface area contributed by atoms with Gasteiger partial charge in [-0.2, -0.15) is 0 Å². The molecule has 1 amide bonds. The summed E-state index contributed by atoms with van der Waals surface area (Å²) in [7, 11) is 1.56. The zero-order chi connectivity index (χ0) is 9.14. The molecule has 0 saturated carbocycles. The Bertz CT molecular complexity index is 160. The molecule has 2 atom stereocenters. The van der Waals surface area contributed by atoms with Gasteiger partial charge in [0.1, 0.15) is 6.61 Å². The van der Waals surface area contributed by atoms with Gasteiger partial charge in [-0.05, 0) is 11.8 Å². The van der Waals surface area contributed by atoms with Crippen molar-refractivity contribution in [1.29, 1.82) is 0 Å². The number of likely N-dealkylation sites (tertiary alicyclic amines) is 1. The summed E-state index contributed by atoms with van der Waals surface area (Å²) in [5.74, 6) is 1.38. The van der Waals surface area contributed by atoms with Crippen molar-refractivity contribution in [3.63, 3.8) is 0 Å². The van der Waals surface area contributed by atoms with Crippen LogP contribution >= 0.6 is 0 Å². The van der Waals surface area contributed by atoms with Gasteiger partial charge in [0.2, 0.25) is 5.91 Å². The van der Waals surface area contributed by atoms with E-state index in [1.165, 1.54) is 0 Å². The van der Waals surface area contributed by atoms with Gasteiger partial charge in [0.15, 0.2) is 0 Å². The summed E-state index contributed by atoms with van der Waals surface area (Å²) in [6, 6.07) is 0. The second-order valence-corrected chi connectivity index (χ2v) is 3.69. The van der Waals surface area contributed by atoms with E-state index in [-0.39, 0.29) is 12.5 Å². The Morgan fingerprint density at radius 2 is 1.92 bits per heavy atom. The van der Waals surface area contributed by atoms with Crippen molar-refractivity contribution < 1.29 is 9.53 Å². The average Bonchev–Trinajstić information content (AvgIpc) is 2.33. The molecule has 12 heavy (non-hydrogen) atoms. The van der Waals surface area contributed by atoms with Crippen LogP contribution in [0.5, 0.6) is 0 Å². The fraction of sp³-hybridized carbons (Fsp3) is 0.889. The molecule has 1 aliphatic heterocycles. The Balaban J connectivity index is 2.40. The molecule has 3 heteroatoms. The number of amides is 1. The molecule has 1 fully saturated rings. The second-order valence-electron chi connectivity index (χ2n) is 3.69. The van der Waals surface area contributed by atoms with Crippen LogP contribution in [0.4, 0.5) is 0 Å². The summed E-state index contributed by atoms with van der Waals surface area (Å²) < 4.78 is 4.80. The number of methoxy groups -OCH3 is 1. The molecule has 1 saturated heterocycles. The molecule has 1 heterocycles. The highest BCUT2D eigenvalue weighted by Crippen LogP contribution is 2.21. The first-order valence-electron chi connectivity index (χ1n) is 4.42. The van der Waals surface area contributed by atoms with Crippen molar-refractivity contribution >= 4 is 5.91 Å². The fourth-order valence-electron chi connectivity index (χ4n) is 1.55. The zero-order valence-corrected chi connectivity index (χ0v) is 8.04. The lowest BCUT2D eigenvalue weighted by atomic mass is 10.0. The van der Waals surface area contributed by atoms with Gasteiger partial charge in [0, 0.05) is 20.2 Å². The number of ether oxygens (including phenoxy) is 1. The molecule has 1 aliphatic rings. The van der Waals surface area contributed by atoms with Crippen LogP contribution in [-0.4, -0.2) is 37.6 Å². The third-order valence-electron chi connectivity index (χ3n) is 2.61. The van der Waals surface area contributed by atoms with E-state index in [1.807, 2.05) is 4.90 Å². The number of carbonyl (C=O) groups is 1. The zero-order valence-electron chi connectivity index (χ0n) is 8.04. The molecule has 2 unspecified atom stereocenters. The average molecular weight is 171 g/mol. The Kier molecular flexibility index (Phi) is 3.09. The van der Waals surface area contributed by atoms with Crippen molar-refractivity contribution in [2.75, 3.05) is 26.8 Å². The van der Waals surface area contributed by atoms with Gasteiger partial charge in [0.25, 0.3) is 0 Å². The van der Waals surface area contributed by atoms with E-state index in [9.17, 15) is 4.79 Å². The van der Waals surface area contributed by atoms with Crippen LogP contribution in [0.15, 0.2) is 0 Å². The van der Waals surface area contributed by atoms with Crippen LogP contribution in [0.3, 0.4) is 0 Å². The van der Waals surface area contributed by atoms with Gasteiger partial charge in [-0.15, -0.1) is 0 Å². The molecule has 70 valence electrons.